The van der Waals surface area contributed by atoms with Gasteiger partial charge in [-0.15, -0.1) is 0 Å². The second kappa shape index (κ2) is 3.83. The molecule has 0 amide bonds. The van der Waals surface area contributed by atoms with E-state index in [1.165, 1.54) is 11.5 Å². The Hall–Kier alpha value is -0.840. The summed E-state index contributed by atoms with van der Waals surface area (Å²) in [6.07, 6.45) is 0.293. The van der Waals surface area contributed by atoms with Gasteiger partial charge in [0.05, 0.1) is 10.5 Å². The highest BCUT2D eigenvalue weighted by Crippen LogP contribution is 2.38. The van der Waals surface area contributed by atoms with Crippen LogP contribution >= 0.6 is 11.6 Å². The van der Waals surface area contributed by atoms with Crippen molar-refractivity contribution in [3.05, 3.63) is 34.2 Å². The predicted molar refractivity (Wildman–Crippen MR) is 67.5 cm³/mol. The highest BCUT2D eigenvalue weighted by molar-refractivity contribution is 7.95. The fraction of sp³-hybridized carbons (Fsp3) is 0.333. The van der Waals surface area contributed by atoms with E-state index in [9.17, 15) is 13.5 Å². The van der Waals surface area contributed by atoms with E-state index in [1.807, 2.05) is 0 Å². The lowest BCUT2D eigenvalue weighted by atomic mass is 9.95. The summed E-state index contributed by atoms with van der Waals surface area (Å²) in [5, 5.41) is 11.4. The van der Waals surface area contributed by atoms with Crippen LogP contribution in [0.3, 0.4) is 0 Å². The number of hydrogen-bond donors (Lipinski definition) is 1. The molecule has 1 N–H and O–H groups in total. The van der Waals surface area contributed by atoms with Crippen molar-refractivity contribution in [2.24, 2.45) is 0 Å². The van der Waals surface area contributed by atoms with E-state index < -0.39 is 15.4 Å². The van der Waals surface area contributed by atoms with Gasteiger partial charge in [0.25, 0.3) is 0 Å². The Morgan fingerprint density at radius 3 is 2.59 bits per heavy atom. The molecule has 1 aliphatic rings. The summed E-state index contributed by atoms with van der Waals surface area (Å²) in [7, 11) is -3.41. The maximum atomic E-state index is 11.9. The number of fused-ring (bicyclic) bond motifs is 1. The fourth-order valence-corrected chi connectivity index (χ4v) is 3.66. The molecule has 2 rings (SSSR count). The first-order valence-electron chi connectivity index (χ1n) is 5.17. The van der Waals surface area contributed by atoms with E-state index in [2.05, 4.69) is 0 Å². The first kappa shape index (κ1) is 12.6. The molecule has 17 heavy (non-hydrogen) atoms. The standard InChI is InChI=1S/C12H13ClO3S/c1-12(2,14)6-8-7-17(15,16)11-5-9(13)3-4-10(8)11/h3-5,7,14H,6H2,1-2H3. The predicted octanol–water partition coefficient (Wildman–Crippen LogP) is 2.63. The molecule has 0 fully saturated rings. The number of benzene rings is 1. The SMILES string of the molecule is CC(C)(O)CC1=CS(=O)(=O)c2cc(Cl)ccc21. The topological polar surface area (TPSA) is 54.4 Å². The van der Waals surface area contributed by atoms with Gasteiger partial charge in [-0.25, -0.2) is 8.42 Å². The van der Waals surface area contributed by atoms with E-state index >= 15 is 0 Å². The normalized spacial score (nSPS) is 17.8. The molecule has 1 aromatic carbocycles. The molecular weight excluding hydrogens is 260 g/mol. The summed E-state index contributed by atoms with van der Waals surface area (Å²) in [4.78, 5) is 0.226. The maximum absolute atomic E-state index is 11.9. The zero-order valence-corrected chi connectivity index (χ0v) is 11.1. The lowest BCUT2D eigenvalue weighted by molar-refractivity contribution is 0.0864. The molecule has 0 saturated heterocycles. The van der Waals surface area contributed by atoms with Crippen molar-refractivity contribution in [3.8, 4) is 0 Å². The summed E-state index contributed by atoms with van der Waals surface area (Å²) < 4.78 is 23.8. The van der Waals surface area contributed by atoms with Gasteiger partial charge < -0.3 is 5.11 Å². The Balaban J connectivity index is 2.54. The smallest absolute Gasteiger partial charge is 0.200 e. The van der Waals surface area contributed by atoms with Crippen molar-refractivity contribution >= 4 is 27.0 Å². The van der Waals surface area contributed by atoms with Crippen LogP contribution in [0, 0.1) is 0 Å². The first-order valence-corrected chi connectivity index (χ1v) is 7.09. The average molecular weight is 273 g/mol. The van der Waals surface area contributed by atoms with Crippen LogP contribution in [0.5, 0.6) is 0 Å². The van der Waals surface area contributed by atoms with Gasteiger partial charge in [-0.05, 0) is 37.1 Å². The van der Waals surface area contributed by atoms with Crippen LogP contribution in [0.15, 0.2) is 28.5 Å². The molecule has 3 nitrogen and oxygen atoms in total. The van der Waals surface area contributed by atoms with E-state index in [1.54, 1.807) is 26.0 Å². The number of halogens is 1. The molecular formula is C12H13ClO3S. The Kier molecular flexibility index (Phi) is 2.84. The van der Waals surface area contributed by atoms with Crippen LogP contribution < -0.4 is 0 Å². The van der Waals surface area contributed by atoms with Crippen LogP contribution in [0.4, 0.5) is 0 Å². The molecule has 1 heterocycles. The van der Waals surface area contributed by atoms with Crippen molar-refractivity contribution in [1.29, 1.82) is 0 Å². The van der Waals surface area contributed by atoms with Crippen LogP contribution in [-0.2, 0) is 9.84 Å². The Morgan fingerprint density at radius 2 is 2.00 bits per heavy atom. The van der Waals surface area contributed by atoms with Gasteiger partial charge in [0, 0.05) is 16.9 Å². The van der Waals surface area contributed by atoms with Gasteiger partial charge in [-0.2, -0.15) is 0 Å². The van der Waals surface area contributed by atoms with Gasteiger partial charge in [-0.1, -0.05) is 17.7 Å². The second-order valence-corrected chi connectivity index (χ2v) is 7.02. The molecule has 5 heteroatoms. The zero-order chi connectivity index (χ0) is 12.8. The third kappa shape index (κ3) is 2.54. The van der Waals surface area contributed by atoms with Crippen molar-refractivity contribution < 1.29 is 13.5 Å². The monoisotopic (exact) mass is 272 g/mol. The number of aliphatic hydroxyl groups is 1. The molecule has 0 spiro atoms. The summed E-state index contributed by atoms with van der Waals surface area (Å²) >= 11 is 5.79. The summed E-state index contributed by atoms with van der Waals surface area (Å²) in [6.45, 7) is 3.29. The molecule has 0 aliphatic carbocycles. The average Bonchev–Trinajstić information content (AvgIpc) is 2.35. The minimum absolute atomic E-state index is 0.226. The van der Waals surface area contributed by atoms with E-state index in [4.69, 9.17) is 11.6 Å². The van der Waals surface area contributed by atoms with Gasteiger partial charge in [0.1, 0.15) is 0 Å². The zero-order valence-electron chi connectivity index (χ0n) is 9.57. The van der Waals surface area contributed by atoms with Crippen molar-refractivity contribution in [2.75, 3.05) is 0 Å². The van der Waals surface area contributed by atoms with Crippen LogP contribution in [0.25, 0.3) is 5.57 Å². The molecule has 1 aliphatic heterocycles. The second-order valence-electron chi connectivity index (χ2n) is 4.82. The summed E-state index contributed by atoms with van der Waals surface area (Å²) in [5.74, 6) is 0. The van der Waals surface area contributed by atoms with E-state index in [0.29, 0.717) is 22.6 Å². The highest BCUT2D eigenvalue weighted by atomic mass is 35.5. The third-order valence-electron chi connectivity index (χ3n) is 2.52. The van der Waals surface area contributed by atoms with E-state index in [0.717, 1.165) is 0 Å². The lowest BCUT2D eigenvalue weighted by Gasteiger charge is -2.17. The van der Waals surface area contributed by atoms with E-state index in [-0.39, 0.29) is 4.90 Å². The molecule has 0 atom stereocenters. The number of hydrogen-bond acceptors (Lipinski definition) is 3. The summed E-state index contributed by atoms with van der Waals surface area (Å²) in [6, 6.07) is 4.78. The first-order chi connectivity index (χ1) is 7.69. The Morgan fingerprint density at radius 1 is 1.35 bits per heavy atom. The minimum Gasteiger partial charge on any atom is -0.390 e. The lowest BCUT2D eigenvalue weighted by Crippen LogP contribution is -2.18. The summed E-state index contributed by atoms with van der Waals surface area (Å²) in [5.41, 5.74) is 0.323. The molecule has 0 aromatic heterocycles. The molecule has 1 aromatic rings. The van der Waals surface area contributed by atoms with Crippen LogP contribution in [-0.4, -0.2) is 19.1 Å². The molecule has 0 radical (unpaired) electrons. The Labute approximate surface area is 106 Å². The fourth-order valence-electron chi connectivity index (χ4n) is 1.91. The third-order valence-corrected chi connectivity index (χ3v) is 4.30. The van der Waals surface area contributed by atoms with Gasteiger partial charge >= 0.3 is 0 Å². The van der Waals surface area contributed by atoms with Gasteiger partial charge in [-0.3, -0.25) is 0 Å². The molecule has 0 bridgehead atoms. The van der Waals surface area contributed by atoms with Gasteiger partial charge in [0.15, 0.2) is 0 Å². The largest absolute Gasteiger partial charge is 0.390 e. The van der Waals surface area contributed by atoms with Crippen molar-refractivity contribution in [2.45, 2.75) is 30.8 Å². The van der Waals surface area contributed by atoms with Gasteiger partial charge in [0.2, 0.25) is 9.84 Å². The molecule has 92 valence electrons. The quantitative estimate of drug-likeness (QED) is 0.900. The highest BCUT2D eigenvalue weighted by Gasteiger charge is 2.29. The Bertz CT molecular complexity index is 595. The number of rotatable bonds is 2. The maximum Gasteiger partial charge on any atom is 0.200 e. The molecule has 0 saturated carbocycles. The number of sulfone groups is 1. The molecule has 0 unspecified atom stereocenters. The van der Waals surface area contributed by atoms with Crippen LogP contribution in [0.1, 0.15) is 25.8 Å². The van der Waals surface area contributed by atoms with Crippen LogP contribution in [0.2, 0.25) is 5.02 Å². The van der Waals surface area contributed by atoms with Crippen molar-refractivity contribution in [3.63, 3.8) is 0 Å². The van der Waals surface area contributed by atoms with Crippen molar-refractivity contribution in [1.82, 2.24) is 0 Å². The minimum atomic E-state index is -3.41.